The Morgan fingerprint density at radius 3 is 2.57 bits per heavy atom. The molecule has 0 radical (unpaired) electrons. The average Bonchev–Trinajstić information content (AvgIpc) is 2.52. The van der Waals surface area contributed by atoms with Crippen molar-refractivity contribution in [2.45, 2.75) is 47.8 Å². The van der Waals surface area contributed by atoms with E-state index in [1.807, 2.05) is 0 Å². The summed E-state index contributed by atoms with van der Waals surface area (Å²) in [6.45, 7) is -0.798. The number of guanidine groups is 1. The Balaban J connectivity index is 1.94. The van der Waals surface area contributed by atoms with Gasteiger partial charge < -0.3 is 50.8 Å². The molecule has 2 unspecified atom stereocenters. The maximum absolute atomic E-state index is 10.8. The third kappa shape index (κ3) is 1.49. The highest BCUT2D eigenvalue weighted by Gasteiger charge is 2.83. The Morgan fingerprint density at radius 2 is 1.96 bits per heavy atom. The molecular weight excluding hydrogens is 314 g/mol. The summed E-state index contributed by atoms with van der Waals surface area (Å²) in [5.41, 5.74) is 2.10. The number of rotatable bonds is 2. The zero-order chi connectivity index (χ0) is 16.8. The van der Waals surface area contributed by atoms with Gasteiger partial charge in [-0.15, -0.1) is 0 Å². The summed E-state index contributed by atoms with van der Waals surface area (Å²) in [6.07, 6.45) is -6.87. The van der Waals surface area contributed by atoms with Crippen LogP contribution in [-0.4, -0.2) is 93.0 Å². The second-order valence-electron chi connectivity index (χ2n) is 6.43. The number of nitrogens with zero attached hydrogens (tertiary/aromatic N) is 1. The molecule has 4 aliphatic heterocycles. The molecule has 1 aliphatic carbocycles. The number of aliphatic imine (C=N–C) groups is 1. The van der Waals surface area contributed by atoms with Gasteiger partial charge in [-0.05, 0) is 0 Å². The molecule has 3 saturated heterocycles. The predicted octanol–water partition coefficient (Wildman–Crippen LogP) is -4.87. The highest BCUT2D eigenvalue weighted by molar-refractivity contribution is 5.80. The number of methoxy groups -OCH3 is 1. The monoisotopic (exact) mass is 333 g/mol. The van der Waals surface area contributed by atoms with E-state index in [0.717, 1.165) is 0 Å². The van der Waals surface area contributed by atoms with Gasteiger partial charge in [-0.25, -0.2) is 4.99 Å². The van der Waals surface area contributed by atoms with Gasteiger partial charge in [0.25, 0.3) is 0 Å². The number of hydrogen-bond donors (Lipinski definition) is 7. The van der Waals surface area contributed by atoms with Gasteiger partial charge in [-0.1, -0.05) is 0 Å². The van der Waals surface area contributed by atoms with Crippen molar-refractivity contribution < 1.29 is 39.7 Å². The molecule has 0 aromatic rings. The molecule has 1 saturated carbocycles. The number of aliphatic hydroxyl groups is 5. The molecule has 0 aromatic heterocycles. The standard InChI is InChI=1S/C12H19N3O8/c1-21-7-3-5-10(19,2-16)6-4(17)11(3,15-9(13)14-7)8(18)12(20,22-5)23-6/h3-8,16-20H,2H2,1H3,(H3,13,14,15)/t3-,4?,5-,6-,7+,8+,10+,11?,12+/m1/s1. The van der Waals surface area contributed by atoms with Crippen molar-refractivity contribution in [1.29, 1.82) is 0 Å². The molecule has 4 fully saturated rings. The highest BCUT2D eigenvalue weighted by atomic mass is 16.9. The third-order valence-corrected chi connectivity index (χ3v) is 5.44. The fourth-order valence-corrected chi connectivity index (χ4v) is 4.41. The summed E-state index contributed by atoms with van der Waals surface area (Å²) in [5.74, 6) is -3.51. The second kappa shape index (κ2) is 4.32. The summed E-state index contributed by atoms with van der Waals surface area (Å²) in [6, 6.07) is 0. The third-order valence-electron chi connectivity index (χ3n) is 5.44. The smallest absolute Gasteiger partial charge is 0.311 e. The van der Waals surface area contributed by atoms with Gasteiger partial charge in [0.05, 0.1) is 12.5 Å². The molecule has 130 valence electrons. The Bertz CT molecular complexity index is 577. The van der Waals surface area contributed by atoms with E-state index in [2.05, 4.69) is 10.3 Å². The lowest BCUT2D eigenvalue weighted by Gasteiger charge is -2.71. The number of nitrogens with one attached hydrogen (secondary N) is 1. The zero-order valence-corrected chi connectivity index (χ0v) is 12.2. The molecule has 11 heteroatoms. The normalized spacial score (nSPS) is 60.2. The van der Waals surface area contributed by atoms with Gasteiger partial charge in [0.1, 0.15) is 29.5 Å². The van der Waals surface area contributed by atoms with Crippen LogP contribution in [0.3, 0.4) is 0 Å². The average molecular weight is 333 g/mol. The lowest BCUT2D eigenvalue weighted by atomic mass is 9.55. The van der Waals surface area contributed by atoms with Crippen molar-refractivity contribution in [3.63, 3.8) is 0 Å². The molecule has 1 spiro atoms. The van der Waals surface area contributed by atoms with Crippen molar-refractivity contribution >= 4 is 5.96 Å². The highest BCUT2D eigenvalue weighted by Crippen LogP contribution is 2.58. The first kappa shape index (κ1) is 15.5. The van der Waals surface area contributed by atoms with Crippen LogP contribution in [0.15, 0.2) is 4.99 Å². The molecule has 5 rings (SSSR count). The molecule has 9 atom stereocenters. The molecule has 4 bridgehead atoms. The number of ether oxygens (including phenoxy) is 3. The predicted molar refractivity (Wildman–Crippen MR) is 70.5 cm³/mol. The maximum atomic E-state index is 10.8. The van der Waals surface area contributed by atoms with Crippen molar-refractivity contribution in [2.24, 2.45) is 16.6 Å². The lowest BCUT2D eigenvalue weighted by Crippen LogP contribution is -2.95. The van der Waals surface area contributed by atoms with Gasteiger partial charge in [0.15, 0.2) is 18.3 Å². The zero-order valence-electron chi connectivity index (χ0n) is 12.2. The Morgan fingerprint density at radius 1 is 1.30 bits per heavy atom. The minimum Gasteiger partial charge on any atom is -0.393 e. The number of hydrogen-bond acceptors (Lipinski definition) is 11. The molecule has 0 amide bonds. The van der Waals surface area contributed by atoms with Gasteiger partial charge >= 0.3 is 5.97 Å². The van der Waals surface area contributed by atoms with Crippen LogP contribution in [0.25, 0.3) is 0 Å². The first-order valence-electron chi connectivity index (χ1n) is 7.16. The van der Waals surface area contributed by atoms with E-state index in [0.29, 0.717) is 0 Å². The van der Waals surface area contributed by atoms with E-state index in [1.54, 1.807) is 0 Å². The first-order chi connectivity index (χ1) is 10.7. The van der Waals surface area contributed by atoms with Crippen LogP contribution in [0.1, 0.15) is 0 Å². The maximum Gasteiger partial charge on any atom is 0.311 e. The Labute approximate surface area is 130 Å². The van der Waals surface area contributed by atoms with Crippen LogP contribution in [0.5, 0.6) is 0 Å². The molecule has 8 N–H and O–H groups in total. The van der Waals surface area contributed by atoms with Gasteiger partial charge in [-0.2, -0.15) is 0 Å². The molecular formula is C12H19N3O8. The van der Waals surface area contributed by atoms with Crippen molar-refractivity contribution in [1.82, 2.24) is 5.32 Å². The molecule has 4 heterocycles. The van der Waals surface area contributed by atoms with Crippen LogP contribution in [0, 0.1) is 5.92 Å². The summed E-state index contributed by atoms with van der Waals surface area (Å²) < 4.78 is 15.7. The van der Waals surface area contributed by atoms with E-state index in [9.17, 15) is 25.5 Å². The minimum atomic E-state index is -2.46. The SMILES string of the molecule is CO[C@@H]1N=C(N)NC23C(O)[C@H]4O[C@@](O)(O[C@H]([C@H]12)[C@@]4(O)CO)[C@H]3O. The van der Waals surface area contributed by atoms with Crippen molar-refractivity contribution in [3.05, 3.63) is 0 Å². The van der Waals surface area contributed by atoms with Crippen LogP contribution < -0.4 is 11.1 Å². The van der Waals surface area contributed by atoms with E-state index in [4.69, 9.17) is 19.9 Å². The topological polar surface area (TPSA) is 179 Å². The van der Waals surface area contributed by atoms with E-state index >= 15 is 0 Å². The quantitative estimate of drug-likeness (QED) is 0.259. The van der Waals surface area contributed by atoms with Crippen molar-refractivity contribution in [2.75, 3.05) is 13.7 Å². The van der Waals surface area contributed by atoms with Crippen molar-refractivity contribution in [3.8, 4) is 0 Å². The minimum absolute atomic E-state index is 0.107. The van der Waals surface area contributed by atoms with Gasteiger partial charge in [0, 0.05) is 7.11 Å². The summed E-state index contributed by atoms with van der Waals surface area (Å²) in [4.78, 5) is 4.04. The van der Waals surface area contributed by atoms with Crippen LogP contribution in [-0.2, 0) is 14.2 Å². The number of nitrogens with two attached hydrogens (primary N) is 1. The van der Waals surface area contributed by atoms with Gasteiger partial charge in [-0.3, -0.25) is 0 Å². The summed E-state index contributed by atoms with van der Waals surface area (Å²) >= 11 is 0. The van der Waals surface area contributed by atoms with Crippen LogP contribution >= 0.6 is 0 Å². The van der Waals surface area contributed by atoms with Gasteiger partial charge in [0.2, 0.25) is 0 Å². The van der Waals surface area contributed by atoms with Crippen LogP contribution in [0.4, 0.5) is 0 Å². The number of aliphatic hydroxyl groups excluding tert-OH is 3. The van der Waals surface area contributed by atoms with E-state index < -0.39 is 60.3 Å². The van der Waals surface area contributed by atoms with E-state index in [-0.39, 0.29) is 5.96 Å². The summed E-state index contributed by atoms with van der Waals surface area (Å²) in [5, 5.41) is 54.9. The molecule has 23 heavy (non-hydrogen) atoms. The fraction of sp³-hybridized carbons (Fsp3) is 0.917. The van der Waals surface area contributed by atoms with E-state index in [1.165, 1.54) is 7.11 Å². The summed E-state index contributed by atoms with van der Waals surface area (Å²) in [7, 11) is 1.34. The largest absolute Gasteiger partial charge is 0.393 e. The second-order valence-corrected chi connectivity index (χ2v) is 6.43. The molecule has 0 aromatic carbocycles. The van der Waals surface area contributed by atoms with Crippen LogP contribution in [0.2, 0.25) is 0 Å². The molecule has 11 nitrogen and oxygen atoms in total. The Hall–Kier alpha value is -1.05. The Kier molecular flexibility index (Phi) is 2.90. The fourth-order valence-electron chi connectivity index (χ4n) is 4.41. The first-order valence-corrected chi connectivity index (χ1v) is 7.16. The lowest BCUT2D eigenvalue weighted by molar-refractivity contribution is -0.548. The molecule has 5 aliphatic rings.